The SMILES string of the molecule is O=C(C[C@H]1CN(C(=O)OCc2ccccc2)CC[C@@H]1O)c1nccs1.O=C(C[C@H]1CNCC[C@@H]1O)c1nccs1. The third kappa shape index (κ3) is 8.73. The van der Waals surface area contributed by atoms with Gasteiger partial charge in [-0.25, -0.2) is 14.8 Å². The number of likely N-dealkylation sites (tertiary alicyclic amines) is 1. The minimum atomic E-state index is -0.595. The van der Waals surface area contributed by atoms with Gasteiger partial charge in [-0.05, 0) is 24.9 Å². The smallest absolute Gasteiger partial charge is 0.410 e. The Morgan fingerprint density at radius 3 is 2.15 bits per heavy atom. The molecule has 0 unspecified atom stereocenters. The summed E-state index contributed by atoms with van der Waals surface area (Å²) in [4.78, 5) is 45.7. The van der Waals surface area contributed by atoms with Gasteiger partial charge in [0.25, 0.3) is 0 Å². The molecule has 0 aliphatic carbocycles. The number of Topliss-reactive ketones (excluding diaryl/α,β-unsaturated/α-hetero) is 2. The van der Waals surface area contributed by atoms with Crippen LogP contribution >= 0.6 is 22.7 Å². The van der Waals surface area contributed by atoms with Crippen molar-refractivity contribution in [3.05, 3.63) is 69.1 Å². The van der Waals surface area contributed by atoms with Crippen molar-refractivity contribution in [3.8, 4) is 0 Å². The molecule has 4 heterocycles. The molecule has 2 aliphatic rings. The average Bonchev–Trinajstić information content (AvgIpc) is 3.70. The lowest BCUT2D eigenvalue weighted by Crippen LogP contribution is -2.46. The summed E-state index contributed by atoms with van der Waals surface area (Å²) < 4.78 is 5.34. The molecule has 2 fully saturated rings. The lowest BCUT2D eigenvalue weighted by molar-refractivity contribution is 0.0159. The van der Waals surface area contributed by atoms with E-state index < -0.39 is 12.2 Å². The summed E-state index contributed by atoms with van der Waals surface area (Å²) in [6, 6.07) is 9.47. The average molecular weight is 587 g/mol. The highest BCUT2D eigenvalue weighted by atomic mass is 32.1. The Balaban J connectivity index is 0.000000210. The Kier molecular flexibility index (Phi) is 11.3. The predicted molar refractivity (Wildman–Crippen MR) is 151 cm³/mol. The summed E-state index contributed by atoms with van der Waals surface area (Å²) in [5.41, 5.74) is 0.920. The van der Waals surface area contributed by atoms with E-state index in [0.29, 0.717) is 35.9 Å². The van der Waals surface area contributed by atoms with E-state index in [1.54, 1.807) is 28.1 Å². The number of hydrogen-bond donors (Lipinski definition) is 3. The van der Waals surface area contributed by atoms with Gasteiger partial charge in [0.1, 0.15) is 6.61 Å². The maximum absolute atomic E-state index is 12.3. The molecule has 3 N–H and O–H groups in total. The predicted octanol–water partition coefficient (Wildman–Crippen LogP) is 3.42. The number of ketones is 2. The summed E-state index contributed by atoms with van der Waals surface area (Å²) in [5.74, 6) is -0.319. The van der Waals surface area contributed by atoms with E-state index in [1.807, 2.05) is 30.3 Å². The van der Waals surface area contributed by atoms with Gasteiger partial charge < -0.3 is 25.2 Å². The first-order chi connectivity index (χ1) is 19.4. The molecule has 2 aliphatic heterocycles. The Labute approximate surface area is 241 Å². The molecule has 2 aromatic heterocycles. The molecular weight excluding hydrogens is 552 g/mol. The molecule has 5 rings (SSSR count). The Morgan fingerprint density at radius 1 is 0.925 bits per heavy atom. The molecule has 4 atom stereocenters. The molecule has 0 bridgehead atoms. The van der Waals surface area contributed by atoms with Crippen LogP contribution in [-0.2, 0) is 11.3 Å². The number of amides is 1. The van der Waals surface area contributed by atoms with Gasteiger partial charge in [-0.2, -0.15) is 0 Å². The molecule has 1 aromatic carbocycles. The number of aromatic nitrogens is 2. The van der Waals surface area contributed by atoms with Crippen molar-refractivity contribution >= 4 is 40.3 Å². The van der Waals surface area contributed by atoms with E-state index in [-0.39, 0.29) is 42.5 Å². The number of nitrogens with zero attached hydrogens (tertiary/aromatic N) is 3. The van der Waals surface area contributed by atoms with Crippen LogP contribution in [0.3, 0.4) is 0 Å². The van der Waals surface area contributed by atoms with Gasteiger partial charge in [-0.15, -0.1) is 22.7 Å². The molecule has 1 amide bonds. The summed E-state index contributed by atoms with van der Waals surface area (Å²) >= 11 is 2.64. The number of aliphatic hydroxyl groups is 2. The van der Waals surface area contributed by atoms with E-state index in [2.05, 4.69) is 15.3 Å². The standard InChI is InChI=1S/C18H20N2O4S.C10H14N2O2S/c21-15-6-8-20(18(23)24-12-13-4-2-1-3-5-13)11-14(15)10-16(22)17-19-7-9-25-17;13-8-1-2-11-6-7(8)5-9(14)10-12-3-4-15-10/h1-5,7,9,14-15,21H,6,8,10-12H2;3-4,7-8,11,13H,1-2,5-6H2/t14-,15-;7-,8-/m00/s1. The van der Waals surface area contributed by atoms with E-state index >= 15 is 0 Å². The lowest BCUT2D eigenvalue weighted by atomic mass is 9.90. The van der Waals surface area contributed by atoms with E-state index in [9.17, 15) is 24.6 Å². The maximum Gasteiger partial charge on any atom is 0.410 e. The number of benzene rings is 1. The molecule has 12 heteroatoms. The van der Waals surface area contributed by atoms with Crippen LogP contribution < -0.4 is 5.32 Å². The van der Waals surface area contributed by atoms with Crippen molar-refractivity contribution in [2.24, 2.45) is 11.8 Å². The minimum absolute atomic E-state index is 0.0372. The molecule has 0 saturated carbocycles. The van der Waals surface area contributed by atoms with Crippen molar-refractivity contribution in [2.75, 3.05) is 26.2 Å². The Bertz CT molecular complexity index is 1210. The van der Waals surface area contributed by atoms with Gasteiger partial charge in [0.2, 0.25) is 0 Å². The van der Waals surface area contributed by atoms with Gasteiger partial charge in [-0.1, -0.05) is 30.3 Å². The highest BCUT2D eigenvalue weighted by molar-refractivity contribution is 7.11. The number of piperidine rings is 2. The quantitative estimate of drug-likeness (QED) is 0.339. The first-order valence-electron chi connectivity index (χ1n) is 13.3. The molecule has 214 valence electrons. The van der Waals surface area contributed by atoms with E-state index in [0.717, 1.165) is 25.1 Å². The zero-order chi connectivity index (χ0) is 28.3. The van der Waals surface area contributed by atoms with Crippen molar-refractivity contribution in [2.45, 2.75) is 44.5 Å². The molecule has 40 heavy (non-hydrogen) atoms. The zero-order valence-corrected chi connectivity index (χ0v) is 23.7. The highest BCUT2D eigenvalue weighted by Crippen LogP contribution is 2.24. The Morgan fingerprint density at radius 2 is 1.55 bits per heavy atom. The fourth-order valence-corrected chi connectivity index (χ4v) is 5.86. The number of rotatable bonds is 8. The molecular formula is C28H34N4O6S2. The maximum atomic E-state index is 12.3. The number of hydrogen-bond acceptors (Lipinski definition) is 11. The van der Waals surface area contributed by atoms with Crippen LogP contribution in [-0.4, -0.2) is 81.1 Å². The van der Waals surface area contributed by atoms with Crippen molar-refractivity contribution in [3.63, 3.8) is 0 Å². The summed E-state index contributed by atoms with van der Waals surface area (Å²) in [6.45, 7) is 2.51. The number of ether oxygens (including phenoxy) is 1. The van der Waals surface area contributed by atoms with Crippen molar-refractivity contribution in [1.82, 2.24) is 20.2 Å². The van der Waals surface area contributed by atoms with Crippen LogP contribution in [0.15, 0.2) is 53.5 Å². The van der Waals surface area contributed by atoms with Crippen LogP contribution in [0.4, 0.5) is 4.79 Å². The second-order valence-electron chi connectivity index (χ2n) is 9.85. The van der Waals surface area contributed by atoms with E-state index in [1.165, 1.54) is 22.7 Å². The first kappa shape index (κ1) is 29.9. The second-order valence-corrected chi connectivity index (χ2v) is 11.6. The molecule has 0 radical (unpaired) electrons. The molecule has 10 nitrogen and oxygen atoms in total. The van der Waals surface area contributed by atoms with Gasteiger partial charge in [0.15, 0.2) is 21.6 Å². The minimum Gasteiger partial charge on any atom is -0.445 e. The normalized spacial score (nSPS) is 22.6. The second kappa shape index (κ2) is 15.1. The molecule has 0 spiro atoms. The zero-order valence-electron chi connectivity index (χ0n) is 22.1. The summed E-state index contributed by atoms with van der Waals surface area (Å²) in [6.07, 6.45) is 3.60. The third-order valence-electron chi connectivity index (χ3n) is 6.96. The highest BCUT2D eigenvalue weighted by Gasteiger charge is 2.33. The van der Waals surface area contributed by atoms with Crippen LogP contribution in [0.25, 0.3) is 0 Å². The fourth-order valence-electron chi connectivity index (χ4n) is 4.69. The number of aliphatic hydroxyl groups excluding tert-OH is 2. The summed E-state index contributed by atoms with van der Waals surface area (Å²) in [7, 11) is 0. The van der Waals surface area contributed by atoms with E-state index in [4.69, 9.17) is 4.74 Å². The topological polar surface area (TPSA) is 142 Å². The third-order valence-corrected chi connectivity index (χ3v) is 8.59. The molecule has 3 aromatic rings. The monoisotopic (exact) mass is 586 g/mol. The van der Waals surface area contributed by atoms with Gasteiger partial charge in [-0.3, -0.25) is 9.59 Å². The largest absolute Gasteiger partial charge is 0.445 e. The Hall–Kier alpha value is -3.03. The number of thiazole rings is 2. The van der Waals surface area contributed by atoms with Crippen molar-refractivity contribution < 1.29 is 29.3 Å². The fraction of sp³-hybridized carbons (Fsp3) is 0.464. The number of carbonyl (C=O) groups is 3. The lowest BCUT2D eigenvalue weighted by Gasteiger charge is -2.35. The molecule has 2 saturated heterocycles. The van der Waals surface area contributed by atoms with Gasteiger partial charge in [0.05, 0.1) is 12.2 Å². The van der Waals surface area contributed by atoms with Crippen molar-refractivity contribution in [1.29, 1.82) is 0 Å². The van der Waals surface area contributed by atoms with Gasteiger partial charge in [0, 0.05) is 67.5 Å². The summed E-state index contributed by atoms with van der Waals surface area (Å²) in [5, 5.41) is 27.6. The van der Waals surface area contributed by atoms with Crippen LogP contribution in [0.2, 0.25) is 0 Å². The van der Waals surface area contributed by atoms with Crippen LogP contribution in [0, 0.1) is 11.8 Å². The number of nitrogens with one attached hydrogen (secondary N) is 1. The van der Waals surface area contributed by atoms with Crippen LogP contribution in [0.5, 0.6) is 0 Å². The first-order valence-corrected chi connectivity index (χ1v) is 15.0. The van der Waals surface area contributed by atoms with Crippen LogP contribution in [0.1, 0.15) is 50.9 Å². The van der Waals surface area contributed by atoms with Gasteiger partial charge >= 0.3 is 6.09 Å². The number of carbonyl (C=O) groups excluding carboxylic acids is 3.